The fraction of sp³-hybridized carbons (Fsp3) is 0.150. The van der Waals surface area contributed by atoms with Crippen LogP contribution in [0.3, 0.4) is 0 Å². The fourth-order valence-electron chi connectivity index (χ4n) is 3.46. The molecule has 5 heteroatoms. The van der Waals surface area contributed by atoms with Gasteiger partial charge in [-0.1, -0.05) is 42.5 Å². The number of allylic oxidation sites excluding steroid dienone is 5. The van der Waals surface area contributed by atoms with E-state index < -0.39 is 12.1 Å². The topological polar surface area (TPSA) is 89.8 Å². The molecule has 2 aliphatic carbocycles. The Hall–Kier alpha value is -3.05. The lowest BCUT2D eigenvalue weighted by molar-refractivity contribution is -0.268. The highest BCUT2D eigenvalue weighted by Crippen LogP contribution is 2.47. The first kappa shape index (κ1) is 15.5. The lowest BCUT2D eigenvalue weighted by Gasteiger charge is -2.32. The van der Waals surface area contributed by atoms with E-state index in [1.54, 1.807) is 36.4 Å². The summed E-state index contributed by atoms with van der Waals surface area (Å²) < 4.78 is 5.81. The van der Waals surface area contributed by atoms with Crippen LogP contribution in [0.5, 0.6) is 11.5 Å². The van der Waals surface area contributed by atoms with Crippen molar-refractivity contribution in [1.29, 1.82) is 0 Å². The predicted octanol–water partition coefficient (Wildman–Crippen LogP) is 2.31. The van der Waals surface area contributed by atoms with Gasteiger partial charge in [-0.3, -0.25) is 0 Å². The van der Waals surface area contributed by atoms with Crippen LogP contribution in [-0.4, -0.2) is 22.3 Å². The lowest BCUT2D eigenvalue weighted by atomic mass is 9.77. The third-order valence-corrected chi connectivity index (χ3v) is 4.56. The number of carboxylic acid groups (broad SMARTS) is 1. The van der Waals surface area contributed by atoms with Gasteiger partial charge in [0.2, 0.25) is 0 Å². The molecule has 0 spiro atoms. The number of hydrogen-bond donors (Lipinski definition) is 2. The Labute approximate surface area is 144 Å². The standard InChI is InChI=1S/C20H16O5/c21-11-5-7-15-17(9-11)25-18-10-12(22)6-8-16(18)19(15)13-3-1-2-4-14(13)20(23)24/h1-2,4-11,13,21-22H,3H2,(H,23,24)/p-1. The molecule has 0 fully saturated rings. The second-order valence-corrected chi connectivity index (χ2v) is 6.11. The van der Waals surface area contributed by atoms with Gasteiger partial charge in [-0.15, -0.1) is 5.75 Å². The van der Waals surface area contributed by atoms with Crippen LogP contribution in [0.1, 0.15) is 12.0 Å². The van der Waals surface area contributed by atoms with Crippen molar-refractivity contribution in [3.05, 3.63) is 77.1 Å². The number of aliphatic carboxylic acids is 1. The number of carboxylic acids is 1. The van der Waals surface area contributed by atoms with Crippen molar-refractivity contribution in [2.24, 2.45) is 5.92 Å². The second-order valence-electron chi connectivity index (χ2n) is 6.11. The Balaban J connectivity index is 1.95. The average Bonchev–Trinajstić information content (AvgIpc) is 2.59. The van der Waals surface area contributed by atoms with Crippen molar-refractivity contribution in [3.63, 3.8) is 0 Å². The lowest BCUT2D eigenvalue weighted by Crippen LogP contribution is -2.22. The van der Waals surface area contributed by atoms with Gasteiger partial charge in [0.1, 0.15) is 11.5 Å². The van der Waals surface area contributed by atoms with Gasteiger partial charge in [-0.2, -0.15) is 0 Å². The monoisotopic (exact) mass is 335 g/mol. The van der Waals surface area contributed by atoms with E-state index in [1.165, 1.54) is 12.1 Å². The summed E-state index contributed by atoms with van der Waals surface area (Å²) in [6.07, 6.45) is 9.96. The second kappa shape index (κ2) is 5.79. The zero-order valence-corrected chi connectivity index (χ0v) is 13.2. The first-order valence-electron chi connectivity index (χ1n) is 7.96. The Morgan fingerprint density at radius 1 is 1.32 bits per heavy atom. The van der Waals surface area contributed by atoms with Crippen LogP contribution >= 0.6 is 0 Å². The molecule has 0 saturated heterocycles. The van der Waals surface area contributed by atoms with Crippen LogP contribution in [0.4, 0.5) is 0 Å². The van der Waals surface area contributed by atoms with Gasteiger partial charge in [0, 0.05) is 22.6 Å². The molecule has 126 valence electrons. The maximum atomic E-state index is 11.7. The quantitative estimate of drug-likeness (QED) is 0.865. The molecular weight excluding hydrogens is 320 g/mol. The normalized spacial score (nSPS) is 24.0. The van der Waals surface area contributed by atoms with Crippen LogP contribution < -0.4 is 9.84 Å². The minimum Gasteiger partial charge on any atom is -0.872 e. The SMILES string of the molecule is O=C(O)C1=CC=CCC1C1=C2C=CC(O)C=C2Oc2cc([O-])ccc21. The van der Waals surface area contributed by atoms with Crippen molar-refractivity contribution < 1.29 is 24.9 Å². The predicted molar refractivity (Wildman–Crippen MR) is 89.6 cm³/mol. The molecule has 4 rings (SSSR count). The summed E-state index contributed by atoms with van der Waals surface area (Å²) >= 11 is 0. The number of ether oxygens (including phenoxy) is 1. The molecule has 2 atom stereocenters. The Kier molecular flexibility index (Phi) is 3.58. The molecule has 1 aliphatic heterocycles. The van der Waals surface area contributed by atoms with Crippen molar-refractivity contribution in [1.82, 2.24) is 0 Å². The van der Waals surface area contributed by atoms with Gasteiger partial charge in [-0.25, -0.2) is 4.79 Å². The summed E-state index contributed by atoms with van der Waals surface area (Å²) in [5.41, 5.74) is 2.54. The number of carbonyl (C=O) groups is 1. The molecule has 3 aliphatic rings. The molecule has 0 saturated carbocycles. The summed E-state index contributed by atoms with van der Waals surface area (Å²) in [4.78, 5) is 11.7. The van der Waals surface area contributed by atoms with E-state index in [2.05, 4.69) is 0 Å². The van der Waals surface area contributed by atoms with E-state index >= 15 is 0 Å². The third kappa shape index (κ3) is 2.58. The largest absolute Gasteiger partial charge is 0.872 e. The number of rotatable bonds is 2. The number of benzene rings is 1. The number of hydrogen-bond acceptors (Lipinski definition) is 4. The molecule has 2 unspecified atom stereocenters. The summed E-state index contributed by atoms with van der Waals surface area (Å²) in [5, 5.41) is 31.2. The van der Waals surface area contributed by atoms with Crippen LogP contribution in [0, 0.1) is 5.92 Å². The minimum atomic E-state index is -0.971. The van der Waals surface area contributed by atoms with Crippen LogP contribution in [0.25, 0.3) is 5.57 Å². The van der Waals surface area contributed by atoms with Crippen molar-refractivity contribution in [2.45, 2.75) is 12.5 Å². The number of aliphatic hydroxyl groups excluding tert-OH is 1. The van der Waals surface area contributed by atoms with Crippen molar-refractivity contribution in [3.8, 4) is 11.5 Å². The minimum absolute atomic E-state index is 0.188. The van der Waals surface area contributed by atoms with E-state index in [0.29, 0.717) is 29.1 Å². The van der Waals surface area contributed by atoms with Gasteiger partial charge in [0.15, 0.2) is 0 Å². The van der Waals surface area contributed by atoms with Gasteiger partial charge in [0.05, 0.1) is 6.10 Å². The smallest absolute Gasteiger partial charge is 0.332 e. The third-order valence-electron chi connectivity index (χ3n) is 4.56. The van der Waals surface area contributed by atoms with E-state index in [-0.39, 0.29) is 11.7 Å². The molecule has 25 heavy (non-hydrogen) atoms. The summed E-state index contributed by atoms with van der Waals surface area (Å²) in [7, 11) is 0. The Bertz CT molecular complexity index is 914. The first-order valence-corrected chi connectivity index (χ1v) is 7.96. The molecule has 0 aromatic heterocycles. The molecule has 2 N–H and O–H groups in total. The zero-order chi connectivity index (χ0) is 17.6. The highest BCUT2D eigenvalue weighted by molar-refractivity contribution is 5.95. The maximum Gasteiger partial charge on any atom is 0.332 e. The summed E-state index contributed by atoms with van der Waals surface area (Å²) in [6, 6.07) is 4.51. The summed E-state index contributed by atoms with van der Waals surface area (Å²) in [6.45, 7) is 0. The van der Waals surface area contributed by atoms with E-state index in [1.807, 2.05) is 6.08 Å². The van der Waals surface area contributed by atoms with E-state index in [9.17, 15) is 20.1 Å². The van der Waals surface area contributed by atoms with Crippen LogP contribution in [0.2, 0.25) is 0 Å². The molecular formula is C20H15O5-. The molecule has 1 aromatic carbocycles. The molecule has 0 radical (unpaired) electrons. The van der Waals surface area contributed by atoms with Crippen LogP contribution in [-0.2, 0) is 4.79 Å². The van der Waals surface area contributed by atoms with E-state index in [0.717, 1.165) is 11.1 Å². The highest BCUT2D eigenvalue weighted by Gasteiger charge is 2.34. The van der Waals surface area contributed by atoms with Gasteiger partial charge >= 0.3 is 5.97 Å². The molecule has 0 bridgehead atoms. The molecule has 1 heterocycles. The van der Waals surface area contributed by atoms with Gasteiger partial charge < -0.3 is 20.1 Å². The van der Waals surface area contributed by atoms with Gasteiger partial charge in [-0.05, 0) is 24.1 Å². The maximum absolute atomic E-state index is 11.7. The summed E-state index contributed by atoms with van der Waals surface area (Å²) in [5.74, 6) is -0.685. The molecule has 1 aromatic rings. The van der Waals surface area contributed by atoms with Crippen LogP contribution in [0.15, 0.2) is 71.6 Å². The number of aliphatic hydroxyl groups is 1. The molecule has 0 amide bonds. The number of fused-ring (bicyclic) bond motifs is 2. The average molecular weight is 335 g/mol. The highest BCUT2D eigenvalue weighted by atomic mass is 16.5. The van der Waals surface area contributed by atoms with Crippen molar-refractivity contribution >= 4 is 11.5 Å². The Morgan fingerprint density at radius 3 is 2.96 bits per heavy atom. The first-order chi connectivity index (χ1) is 12.0. The van der Waals surface area contributed by atoms with Crippen molar-refractivity contribution in [2.75, 3.05) is 0 Å². The fourth-order valence-corrected chi connectivity index (χ4v) is 3.46. The zero-order valence-electron chi connectivity index (χ0n) is 13.2. The Morgan fingerprint density at radius 2 is 2.16 bits per heavy atom. The van der Waals surface area contributed by atoms with E-state index in [4.69, 9.17) is 4.74 Å². The molecule has 5 nitrogen and oxygen atoms in total. The van der Waals surface area contributed by atoms with Gasteiger partial charge in [0.25, 0.3) is 0 Å².